The van der Waals surface area contributed by atoms with E-state index >= 15 is 0 Å². The number of hydrogen-bond acceptors (Lipinski definition) is 5. The lowest BCUT2D eigenvalue weighted by atomic mass is 9.82. The topological polar surface area (TPSA) is 88.1 Å². The molecule has 2 amide bonds. The number of aliphatic hydroxyl groups is 1. The fraction of sp³-hybridized carbons (Fsp3) is 0.333. The van der Waals surface area contributed by atoms with E-state index in [2.05, 4.69) is 5.32 Å². The molecule has 0 saturated carbocycles. The molecule has 0 bridgehead atoms. The van der Waals surface area contributed by atoms with E-state index in [9.17, 15) is 14.7 Å². The van der Waals surface area contributed by atoms with Crippen molar-refractivity contribution in [2.75, 3.05) is 39.3 Å². The third-order valence-corrected chi connectivity index (χ3v) is 4.92. The number of amides is 2. The summed E-state index contributed by atoms with van der Waals surface area (Å²) >= 11 is 0. The summed E-state index contributed by atoms with van der Waals surface area (Å²) in [6.07, 6.45) is 0. The molecule has 0 aromatic heterocycles. The largest absolute Gasteiger partial charge is 0.497 e. The zero-order valence-corrected chi connectivity index (χ0v) is 15.9. The minimum Gasteiger partial charge on any atom is -0.497 e. The molecule has 2 N–H and O–H groups in total. The molecule has 7 nitrogen and oxygen atoms in total. The van der Waals surface area contributed by atoms with Gasteiger partial charge in [-0.1, -0.05) is 24.3 Å². The molecule has 0 spiro atoms. The number of hydrogen-bond donors (Lipinski definition) is 2. The predicted molar refractivity (Wildman–Crippen MR) is 105 cm³/mol. The summed E-state index contributed by atoms with van der Waals surface area (Å²) in [5, 5.41) is 12.9. The van der Waals surface area contributed by atoms with Crippen LogP contribution in [0.2, 0.25) is 0 Å². The van der Waals surface area contributed by atoms with Gasteiger partial charge in [0.05, 0.1) is 32.3 Å². The van der Waals surface area contributed by atoms with Crippen LogP contribution in [0.1, 0.15) is 21.8 Å². The zero-order chi connectivity index (χ0) is 20.1. The van der Waals surface area contributed by atoms with Crippen LogP contribution in [0.25, 0.3) is 0 Å². The molecule has 1 heterocycles. The first-order valence-corrected chi connectivity index (χ1v) is 9.05. The van der Waals surface area contributed by atoms with E-state index in [1.54, 1.807) is 62.8 Å². The lowest BCUT2D eigenvalue weighted by molar-refractivity contribution is -0.119. The Morgan fingerprint density at radius 1 is 1.18 bits per heavy atom. The van der Waals surface area contributed by atoms with Gasteiger partial charge < -0.3 is 24.8 Å². The van der Waals surface area contributed by atoms with Crippen molar-refractivity contribution in [1.82, 2.24) is 4.90 Å². The smallest absolute Gasteiger partial charge is 0.254 e. The molecule has 2 aromatic rings. The molecular weight excluding hydrogens is 360 g/mol. The number of carbonyl (C=O) groups is 2. The molecule has 2 atom stereocenters. The predicted octanol–water partition coefficient (Wildman–Crippen LogP) is 1.88. The van der Waals surface area contributed by atoms with Crippen molar-refractivity contribution in [3.8, 4) is 5.75 Å². The molecule has 0 aliphatic carbocycles. The second-order valence-corrected chi connectivity index (χ2v) is 6.53. The van der Waals surface area contributed by atoms with Gasteiger partial charge in [-0.05, 0) is 23.8 Å². The summed E-state index contributed by atoms with van der Waals surface area (Å²) in [5.41, 5.74) is 1.66. The maximum Gasteiger partial charge on any atom is 0.254 e. The van der Waals surface area contributed by atoms with Crippen LogP contribution < -0.4 is 10.1 Å². The number of anilines is 1. The summed E-state index contributed by atoms with van der Waals surface area (Å²) in [6, 6.07) is 13.4. The number of nitrogens with zero attached hydrogens (tertiary/aromatic N) is 1. The normalized spacial score (nSPS) is 18.5. The number of carbonyl (C=O) groups excluding carboxylic acids is 2. The fourth-order valence-corrected chi connectivity index (χ4v) is 3.55. The Labute approximate surface area is 163 Å². The Balaban J connectivity index is 1.96. The number of rotatable bonds is 7. The van der Waals surface area contributed by atoms with Gasteiger partial charge in [-0.3, -0.25) is 9.59 Å². The number of ether oxygens (including phenoxy) is 2. The van der Waals surface area contributed by atoms with Crippen molar-refractivity contribution in [1.29, 1.82) is 0 Å². The van der Waals surface area contributed by atoms with Gasteiger partial charge in [0.25, 0.3) is 5.91 Å². The molecule has 28 heavy (non-hydrogen) atoms. The first-order chi connectivity index (χ1) is 13.6. The fourth-order valence-electron chi connectivity index (χ4n) is 3.55. The molecule has 1 aliphatic heterocycles. The monoisotopic (exact) mass is 384 g/mol. The minimum absolute atomic E-state index is 0.211. The maximum atomic E-state index is 13.2. The van der Waals surface area contributed by atoms with Crippen molar-refractivity contribution in [3.05, 3.63) is 59.7 Å². The van der Waals surface area contributed by atoms with Crippen LogP contribution in [-0.4, -0.2) is 61.8 Å². The molecule has 148 valence electrons. The van der Waals surface area contributed by atoms with Crippen molar-refractivity contribution in [2.45, 2.75) is 12.0 Å². The third-order valence-electron chi connectivity index (χ3n) is 4.92. The van der Waals surface area contributed by atoms with Crippen molar-refractivity contribution in [2.24, 2.45) is 0 Å². The van der Waals surface area contributed by atoms with E-state index in [4.69, 9.17) is 9.47 Å². The van der Waals surface area contributed by atoms with E-state index in [0.29, 0.717) is 29.2 Å². The third kappa shape index (κ3) is 3.85. The molecule has 0 fully saturated rings. The average Bonchev–Trinajstić information content (AvgIpc) is 2.72. The Morgan fingerprint density at radius 2 is 1.96 bits per heavy atom. The second-order valence-electron chi connectivity index (χ2n) is 6.53. The van der Waals surface area contributed by atoms with Gasteiger partial charge in [0.1, 0.15) is 5.75 Å². The first-order valence-electron chi connectivity index (χ1n) is 9.05. The first kappa shape index (κ1) is 19.9. The zero-order valence-electron chi connectivity index (χ0n) is 15.9. The van der Waals surface area contributed by atoms with Crippen LogP contribution in [0.3, 0.4) is 0 Å². The van der Waals surface area contributed by atoms with Crippen molar-refractivity contribution in [3.63, 3.8) is 0 Å². The summed E-state index contributed by atoms with van der Waals surface area (Å²) in [4.78, 5) is 27.6. The Hall–Kier alpha value is -2.90. The van der Waals surface area contributed by atoms with E-state index in [1.165, 1.54) is 4.90 Å². The van der Waals surface area contributed by atoms with Crippen LogP contribution in [0, 0.1) is 0 Å². The Morgan fingerprint density at radius 3 is 2.68 bits per heavy atom. The molecule has 0 radical (unpaired) electrons. The number of aliphatic hydroxyl groups excluding tert-OH is 1. The standard InChI is InChI=1S/C21H24N2O5/c1-27-11-10-23-18(13-24)19(16-8-3-4-9-17(16)21(23)26)20(25)22-14-6-5-7-15(12-14)28-2/h3-9,12,18-19,24H,10-11,13H2,1-2H3,(H,22,25). The summed E-state index contributed by atoms with van der Waals surface area (Å²) in [7, 11) is 3.10. The highest BCUT2D eigenvalue weighted by Gasteiger charge is 2.42. The van der Waals surface area contributed by atoms with Gasteiger partial charge >= 0.3 is 0 Å². The molecule has 7 heteroatoms. The van der Waals surface area contributed by atoms with Crippen LogP contribution in [0.15, 0.2) is 48.5 Å². The molecule has 3 rings (SSSR count). The van der Waals surface area contributed by atoms with Crippen molar-refractivity contribution >= 4 is 17.5 Å². The van der Waals surface area contributed by atoms with Gasteiger partial charge in [-0.2, -0.15) is 0 Å². The molecular formula is C21H24N2O5. The van der Waals surface area contributed by atoms with E-state index in [0.717, 1.165) is 0 Å². The van der Waals surface area contributed by atoms with Crippen LogP contribution in [-0.2, 0) is 9.53 Å². The quantitative estimate of drug-likeness (QED) is 0.761. The van der Waals surface area contributed by atoms with E-state index < -0.39 is 12.0 Å². The van der Waals surface area contributed by atoms with Crippen molar-refractivity contribution < 1.29 is 24.2 Å². The van der Waals surface area contributed by atoms with E-state index in [1.807, 2.05) is 0 Å². The lowest BCUT2D eigenvalue weighted by Gasteiger charge is -2.40. The van der Waals surface area contributed by atoms with Crippen LogP contribution in [0.5, 0.6) is 5.75 Å². The van der Waals surface area contributed by atoms with Gasteiger partial charge in [0, 0.05) is 31.0 Å². The van der Waals surface area contributed by atoms with Crippen LogP contribution >= 0.6 is 0 Å². The highest BCUT2D eigenvalue weighted by atomic mass is 16.5. The van der Waals surface area contributed by atoms with E-state index in [-0.39, 0.29) is 25.0 Å². The summed E-state index contributed by atoms with van der Waals surface area (Å²) in [6.45, 7) is 0.270. The minimum atomic E-state index is -0.707. The summed E-state index contributed by atoms with van der Waals surface area (Å²) in [5.74, 6) is -0.591. The van der Waals surface area contributed by atoms with Gasteiger partial charge in [0.2, 0.25) is 5.91 Å². The molecule has 0 saturated heterocycles. The average molecular weight is 384 g/mol. The number of methoxy groups -OCH3 is 2. The summed E-state index contributed by atoms with van der Waals surface area (Å²) < 4.78 is 10.3. The Bertz CT molecular complexity index is 854. The molecule has 1 aliphatic rings. The lowest BCUT2D eigenvalue weighted by Crippen LogP contribution is -2.53. The Kier molecular flexibility index (Phi) is 6.28. The SMILES string of the molecule is COCCN1C(=O)c2ccccc2C(C(=O)Nc2cccc(OC)c2)C1CO. The highest BCUT2D eigenvalue weighted by Crippen LogP contribution is 2.34. The number of fused-ring (bicyclic) bond motifs is 1. The second kappa shape index (κ2) is 8.86. The van der Waals surface area contributed by atoms with Crippen LogP contribution in [0.4, 0.5) is 5.69 Å². The number of benzene rings is 2. The molecule has 2 aromatic carbocycles. The maximum absolute atomic E-state index is 13.2. The van der Waals surface area contributed by atoms with Gasteiger partial charge in [-0.15, -0.1) is 0 Å². The number of nitrogens with one attached hydrogen (secondary N) is 1. The molecule has 2 unspecified atom stereocenters. The van der Waals surface area contributed by atoms with Gasteiger partial charge in [0.15, 0.2) is 0 Å². The van der Waals surface area contributed by atoms with Gasteiger partial charge in [-0.25, -0.2) is 0 Å². The highest BCUT2D eigenvalue weighted by molar-refractivity contribution is 6.04.